The number of hydrogen-bond donors (Lipinski definition) is 2. The van der Waals surface area contributed by atoms with Gasteiger partial charge in [0.15, 0.2) is 0 Å². The molecule has 29 heavy (non-hydrogen) atoms. The number of rotatable bonds is 8. The summed E-state index contributed by atoms with van der Waals surface area (Å²) in [6, 6.07) is 9.61. The first-order valence-corrected chi connectivity index (χ1v) is 10.1. The third kappa shape index (κ3) is 6.40. The number of carbonyl (C=O) groups is 1. The largest absolute Gasteiger partial charge is 0.369 e. The van der Waals surface area contributed by atoms with Gasteiger partial charge in [0.2, 0.25) is 5.95 Å². The lowest BCUT2D eigenvalue weighted by atomic mass is 10.2. The Kier molecular flexibility index (Phi) is 7.37. The molecule has 1 aromatic carbocycles. The Morgan fingerprint density at radius 3 is 2.52 bits per heavy atom. The molecular weight excluding hydrogens is 366 g/mol. The number of nitrogens with zero attached hydrogens (tertiary/aromatic N) is 5. The first-order valence-electron chi connectivity index (χ1n) is 10.1. The molecule has 2 heterocycles. The van der Waals surface area contributed by atoms with Crippen LogP contribution in [-0.4, -0.2) is 86.1 Å². The highest BCUT2D eigenvalue weighted by atomic mass is 16.1. The molecule has 2 aromatic rings. The molecule has 1 saturated heterocycles. The minimum absolute atomic E-state index is 0.240. The number of amides is 1. The Morgan fingerprint density at radius 2 is 1.83 bits per heavy atom. The number of hydrogen-bond acceptors (Lipinski definition) is 7. The average Bonchev–Trinajstić information content (AvgIpc) is 2.72. The molecule has 0 saturated carbocycles. The number of anilines is 3. The number of nitrogens with one attached hydrogen (secondary N) is 2. The molecule has 0 atom stereocenters. The summed E-state index contributed by atoms with van der Waals surface area (Å²) in [5.41, 5.74) is 2.28. The van der Waals surface area contributed by atoms with Crippen LogP contribution in [0.15, 0.2) is 36.5 Å². The van der Waals surface area contributed by atoms with Crippen molar-refractivity contribution in [1.29, 1.82) is 0 Å². The maximum Gasteiger partial charge on any atom is 0.274 e. The molecule has 0 bridgehead atoms. The molecule has 0 radical (unpaired) electrons. The van der Waals surface area contributed by atoms with Crippen LogP contribution in [-0.2, 0) is 0 Å². The van der Waals surface area contributed by atoms with Crippen molar-refractivity contribution in [1.82, 2.24) is 19.8 Å². The van der Waals surface area contributed by atoms with Crippen LogP contribution < -0.4 is 15.5 Å². The first-order chi connectivity index (χ1) is 14.0. The minimum atomic E-state index is -0.240. The van der Waals surface area contributed by atoms with E-state index >= 15 is 0 Å². The standard InChI is InChI=1S/C21H31N7O/c1-26(2)12-4-10-22-21-23-11-9-19(25-21)20(29)24-17-5-7-18(8-6-17)28-15-13-27(3)14-16-28/h5-9,11H,4,10,12-16H2,1-3H3,(H,24,29)(H,22,23,25). The lowest BCUT2D eigenvalue weighted by molar-refractivity contribution is 0.102. The zero-order valence-electron chi connectivity index (χ0n) is 17.6. The monoisotopic (exact) mass is 397 g/mol. The molecule has 0 aliphatic carbocycles. The third-order valence-corrected chi connectivity index (χ3v) is 4.95. The number of aromatic nitrogens is 2. The molecule has 1 fully saturated rings. The van der Waals surface area contributed by atoms with E-state index in [4.69, 9.17) is 0 Å². The molecule has 1 amide bonds. The predicted molar refractivity (Wildman–Crippen MR) is 118 cm³/mol. The van der Waals surface area contributed by atoms with E-state index in [-0.39, 0.29) is 5.91 Å². The third-order valence-electron chi connectivity index (χ3n) is 4.95. The van der Waals surface area contributed by atoms with Gasteiger partial charge in [0.25, 0.3) is 5.91 Å². The van der Waals surface area contributed by atoms with Crippen molar-refractivity contribution in [3.05, 3.63) is 42.2 Å². The van der Waals surface area contributed by atoms with Gasteiger partial charge in [-0.05, 0) is 64.4 Å². The summed E-state index contributed by atoms with van der Waals surface area (Å²) in [6.07, 6.45) is 2.58. The average molecular weight is 398 g/mol. The van der Waals surface area contributed by atoms with Gasteiger partial charge in [-0.3, -0.25) is 4.79 Å². The Balaban J connectivity index is 1.54. The maximum atomic E-state index is 12.6. The lowest BCUT2D eigenvalue weighted by Crippen LogP contribution is -2.44. The molecule has 2 N–H and O–H groups in total. The van der Waals surface area contributed by atoms with Gasteiger partial charge in [-0.2, -0.15) is 0 Å². The Bertz CT molecular complexity index is 786. The normalized spacial score (nSPS) is 14.8. The van der Waals surface area contributed by atoms with E-state index in [1.807, 2.05) is 26.2 Å². The Labute approximate surface area is 172 Å². The fourth-order valence-electron chi connectivity index (χ4n) is 3.18. The number of carbonyl (C=O) groups excluding carboxylic acids is 1. The van der Waals surface area contributed by atoms with Crippen LogP contribution in [0.2, 0.25) is 0 Å². The van der Waals surface area contributed by atoms with Gasteiger partial charge in [0, 0.05) is 50.3 Å². The summed E-state index contributed by atoms with van der Waals surface area (Å²) in [6.45, 7) is 5.92. The molecule has 0 spiro atoms. The van der Waals surface area contributed by atoms with Gasteiger partial charge in [0.05, 0.1) is 0 Å². The number of piperazine rings is 1. The second-order valence-electron chi connectivity index (χ2n) is 7.64. The van der Waals surface area contributed by atoms with Gasteiger partial charge in [-0.1, -0.05) is 0 Å². The molecule has 1 aliphatic rings. The fourth-order valence-corrected chi connectivity index (χ4v) is 3.18. The van der Waals surface area contributed by atoms with Crippen LogP contribution >= 0.6 is 0 Å². The van der Waals surface area contributed by atoms with E-state index in [1.54, 1.807) is 12.3 Å². The van der Waals surface area contributed by atoms with Crippen molar-refractivity contribution in [3.63, 3.8) is 0 Å². The van der Waals surface area contributed by atoms with Crippen molar-refractivity contribution >= 4 is 23.2 Å². The van der Waals surface area contributed by atoms with Gasteiger partial charge in [-0.25, -0.2) is 9.97 Å². The summed E-state index contributed by atoms with van der Waals surface area (Å²) < 4.78 is 0. The molecule has 156 valence electrons. The van der Waals surface area contributed by atoms with E-state index in [0.717, 1.165) is 51.4 Å². The van der Waals surface area contributed by atoms with Crippen molar-refractivity contribution in [2.24, 2.45) is 0 Å². The van der Waals surface area contributed by atoms with Crippen molar-refractivity contribution in [3.8, 4) is 0 Å². The van der Waals surface area contributed by atoms with Crippen LogP contribution in [0.1, 0.15) is 16.9 Å². The lowest BCUT2D eigenvalue weighted by Gasteiger charge is -2.34. The quantitative estimate of drug-likeness (QED) is 0.658. The fraction of sp³-hybridized carbons (Fsp3) is 0.476. The van der Waals surface area contributed by atoms with E-state index in [1.165, 1.54) is 5.69 Å². The van der Waals surface area contributed by atoms with Crippen molar-refractivity contribution in [2.75, 3.05) is 75.9 Å². The van der Waals surface area contributed by atoms with E-state index < -0.39 is 0 Å². The molecule has 3 rings (SSSR count). The molecule has 0 unspecified atom stereocenters. The molecular formula is C21H31N7O. The van der Waals surface area contributed by atoms with Crippen LogP contribution in [0.5, 0.6) is 0 Å². The van der Waals surface area contributed by atoms with Crippen LogP contribution in [0, 0.1) is 0 Å². The summed E-state index contributed by atoms with van der Waals surface area (Å²) in [4.78, 5) is 27.9. The van der Waals surface area contributed by atoms with Gasteiger partial charge in [0.1, 0.15) is 5.69 Å². The number of benzene rings is 1. The van der Waals surface area contributed by atoms with E-state index in [2.05, 4.69) is 54.5 Å². The van der Waals surface area contributed by atoms with Gasteiger partial charge in [-0.15, -0.1) is 0 Å². The van der Waals surface area contributed by atoms with Crippen molar-refractivity contribution in [2.45, 2.75) is 6.42 Å². The van der Waals surface area contributed by atoms with Crippen molar-refractivity contribution < 1.29 is 4.79 Å². The van der Waals surface area contributed by atoms with Gasteiger partial charge < -0.3 is 25.3 Å². The van der Waals surface area contributed by atoms with Crippen LogP contribution in [0.4, 0.5) is 17.3 Å². The summed E-state index contributed by atoms with van der Waals surface area (Å²) >= 11 is 0. The van der Waals surface area contributed by atoms with E-state index in [9.17, 15) is 4.79 Å². The maximum absolute atomic E-state index is 12.6. The first kappa shape index (κ1) is 21.0. The zero-order valence-corrected chi connectivity index (χ0v) is 17.6. The Morgan fingerprint density at radius 1 is 1.10 bits per heavy atom. The minimum Gasteiger partial charge on any atom is -0.369 e. The molecule has 8 heteroatoms. The SMILES string of the molecule is CN(C)CCCNc1nccc(C(=O)Nc2ccc(N3CCN(C)CC3)cc2)n1. The van der Waals surface area contributed by atoms with Gasteiger partial charge >= 0.3 is 0 Å². The summed E-state index contributed by atoms with van der Waals surface area (Å²) in [5.74, 6) is 0.234. The highest BCUT2D eigenvalue weighted by Crippen LogP contribution is 2.19. The van der Waals surface area contributed by atoms with Crippen LogP contribution in [0.3, 0.4) is 0 Å². The smallest absolute Gasteiger partial charge is 0.274 e. The second kappa shape index (κ2) is 10.2. The highest BCUT2D eigenvalue weighted by Gasteiger charge is 2.14. The van der Waals surface area contributed by atoms with E-state index in [0.29, 0.717) is 11.6 Å². The van der Waals surface area contributed by atoms with Crippen LogP contribution in [0.25, 0.3) is 0 Å². The zero-order chi connectivity index (χ0) is 20.6. The predicted octanol–water partition coefficient (Wildman–Crippen LogP) is 1.84. The highest BCUT2D eigenvalue weighted by molar-refractivity contribution is 6.03. The molecule has 1 aliphatic heterocycles. The Hall–Kier alpha value is -2.71. The number of likely N-dealkylation sites (N-methyl/N-ethyl adjacent to an activating group) is 1. The molecule has 1 aromatic heterocycles. The summed E-state index contributed by atoms with van der Waals surface area (Å²) in [5, 5.41) is 6.08. The summed E-state index contributed by atoms with van der Waals surface area (Å²) in [7, 11) is 6.23. The second-order valence-corrected chi connectivity index (χ2v) is 7.64. The topological polar surface area (TPSA) is 76.6 Å². The molecule has 8 nitrogen and oxygen atoms in total.